The zero-order valence-corrected chi connectivity index (χ0v) is 17.8. The first kappa shape index (κ1) is 20.7. The van der Waals surface area contributed by atoms with E-state index in [4.69, 9.17) is 16.6 Å². The average Bonchev–Trinajstić information content (AvgIpc) is 3.12. The van der Waals surface area contributed by atoms with Gasteiger partial charge in [-0.2, -0.15) is 0 Å². The van der Waals surface area contributed by atoms with Crippen LogP contribution in [-0.4, -0.2) is 16.0 Å². The van der Waals surface area contributed by atoms with Crippen molar-refractivity contribution >= 4 is 40.0 Å². The number of hydrogen-bond donors (Lipinski definition) is 2. The van der Waals surface area contributed by atoms with Crippen LogP contribution in [0.5, 0.6) is 0 Å². The lowest BCUT2D eigenvalue weighted by Crippen LogP contribution is -2.34. The first-order valence-corrected chi connectivity index (χ1v) is 10.1. The Hall–Kier alpha value is -3.58. The lowest BCUT2D eigenvalue weighted by Gasteiger charge is -2.10. The minimum Gasteiger partial charge on any atom is -0.440 e. The second kappa shape index (κ2) is 8.65. The molecule has 0 fully saturated rings. The molecule has 3 aromatic carbocycles. The molecule has 0 atom stereocenters. The van der Waals surface area contributed by atoms with E-state index in [0.717, 1.165) is 33.5 Å². The zero-order valence-electron chi connectivity index (χ0n) is 17.0. The van der Waals surface area contributed by atoms with Crippen LogP contribution in [0, 0.1) is 19.7 Å². The molecule has 0 saturated carbocycles. The number of aromatic nitrogens is 1. The molecule has 0 spiro atoms. The lowest BCUT2D eigenvalue weighted by atomic mass is 10.1. The highest BCUT2D eigenvalue weighted by atomic mass is 32.1. The van der Waals surface area contributed by atoms with Gasteiger partial charge in [-0.15, -0.1) is 0 Å². The minimum atomic E-state index is -0.407. The Labute approximate surface area is 184 Å². The Kier molecular flexibility index (Phi) is 5.77. The molecule has 0 aliphatic carbocycles. The maximum atomic E-state index is 13.0. The van der Waals surface area contributed by atoms with Crippen molar-refractivity contribution in [2.45, 2.75) is 20.3 Å². The first-order valence-electron chi connectivity index (χ1n) is 9.71. The van der Waals surface area contributed by atoms with Crippen molar-refractivity contribution in [3.63, 3.8) is 0 Å². The van der Waals surface area contributed by atoms with Gasteiger partial charge in [-0.1, -0.05) is 18.2 Å². The third-order valence-corrected chi connectivity index (χ3v) is 4.97. The molecule has 1 aromatic heterocycles. The largest absolute Gasteiger partial charge is 0.440 e. The van der Waals surface area contributed by atoms with E-state index in [0.29, 0.717) is 17.9 Å². The van der Waals surface area contributed by atoms with Gasteiger partial charge in [-0.05, 0) is 85.2 Å². The molecule has 7 heteroatoms. The maximum absolute atomic E-state index is 13.0. The normalized spacial score (nSPS) is 10.8. The summed E-state index contributed by atoms with van der Waals surface area (Å²) in [6.45, 7) is 4.06. The molecule has 5 nitrogen and oxygen atoms in total. The van der Waals surface area contributed by atoms with Gasteiger partial charge in [0.1, 0.15) is 11.3 Å². The third kappa shape index (κ3) is 4.95. The highest BCUT2D eigenvalue weighted by Crippen LogP contribution is 2.23. The predicted molar refractivity (Wildman–Crippen MR) is 123 cm³/mol. The molecule has 31 heavy (non-hydrogen) atoms. The fraction of sp³-hybridized carbons (Fsp3) is 0.125. The fourth-order valence-corrected chi connectivity index (χ4v) is 3.53. The van der Waals surface area contributed by atoms with Gasteiger partial charge in [0.25, 0.3) is 5.91 Å². The van der Waals surface area contributed by atoms with E-state index < -0.39 is 11.7 Å². The Bertz CT molecular complexity index is 1260. The summed E-state index contributed by atoms with van der Waals surface area (Å²) < 4.78 is 18.9. The van der Waals surface area contributed by atoms with E-state index in [-0.39, 0.29) is 5.11 Å². The summed E-state index contributed by atoms with van der Waals surface area (Å²) in [5.41, 5.74) is 6.01. The SMILES string of the molecule is Cc1cc(C)c2oc(Cc3ccc(NC(=S)NC(=O)c4ccc(F)cc4)cc3)nc2c1. The predicted octanol–water partition coefficient (Wildman–Crippen LogP) is 5.30. The molecule has 156 valence electrons. The van der Waals surface area contributed by atoms with E-state index in [1.807, 2.05) is 44.2 Å². The van der Waals surface area contributed by atoms with Gasteiger partial charge >= 0.3 is 0 Å². The van der Waals surface area contributed by atoms with Crippen molar-refractivity contribution < 1.29 is 13.6 Å². The summed E-state index contributed by atoms with van der Waals surface area (Å²) in [6.07, 6.45) is 0.569. The number of carbonyl (C=O) groups is 1. The second-order valence-corrected chi connectivity index (χ2v) is 7.73. The molecule has 4 rings (SSSR count). The van der Waals surface area contributed by atoms with Gasteiger partial charge in [0.05, 0.1) is 0 Å². The van der Waals surface area contributed by atoms with Crippen LogP contribution in [0.2, 0.25) is 0 Å². The minimum absolute atomic E-state index is 0.159. The fourth-order valence-electron chi connectivity index (χ4n) is 3.32. The zero-order chi connectivity index (χ0) is 22.0. The smallest absolute Gasteiger partial charge is 0.257 e. The van der Waals surface area contributed by atoms with Gasteiger partial charge in [-0.3, -0.25) is 10.1 Å². The number of nitrogens with zero attached hydrogens (tertiary/aromatic N) is 1. The van der Waals surface area contributed by atoms with Crippen LogP contribution in [0.15, 0.2) is 65.1 Å². The summed E-state index contributed by atoms with van der Waals surface area (Å²) in [4.78, 5) is 16.7. The molecule has 0 bridgehead atoms. The van der Waals surface area contributed by atoms with Crippen LogP contribution < -0.4 is 10.6 Å². The van der Waals surface area contributed by atoms with Gasteiger partial charge < -0.3 is 9.73 Å². The highest BCUT2D eigenvalue weighted by molar-refractivity contribution is 7.80. The topological polar surface area (TPSA) is 67.2 Å². The van der Waals surface area contributed by atoms with Gasteiger partial charge in [0.2, 0.25) is 0 Å². The van der Waals surface area contributed by atoms with Crippen LogP contribution in [0.3, 0.4) is 0 Å². The Morgan fingerprint density at radius 2 is 1.77 bits per heavy atom. The van der Waals surface area contributed by atoms with Crippen molar-refractivity contribution in [3.05, 3.63) is 94.6 Å². The van der Waals surface area contributed by atoms with Crippen molar-refractivity contribution in [3.8, 4) is 0 Å². The molecule has 2 N–H and O–H groups in total. The molecule has 0 aliphatic rings. The van der Waals surface area contributed by atoms with Crippen molar-refractivity contribution in [2.75, 3.05) is 5.32 Å². The summed E-state index contributed by atoms with van der Waals surface area (Å²) in [7, 11) is 0. The molecular formula is C24H20FN3O2S. The lowest BCUT2D eigenvalue weighted by molar-refractivity contribution is 0.0977. The van der Waals surface area contributed by atoms with Crippen LogP contribution in [0.1, 0.15) is 32.9 Å². The molecule has 0 aliphatic heterocycles. The number of oxazole rings is 1. The number of amides is 1. The Balaban J connectivity index is 1.38. The Morgan fingerprint density at radius 3 is 2.48 bits per heavy atom. The number of aryl methyl sites for hydroxylation is 2. The number of benzene rings is 3. The van der Waals surface area contributed by atoms with Gasteiger partial charge in [0.15, 0.2) is 16.6 Å². The molecule has 0 radical (unpaired) electrons. The van der Waals surface area contributed by atoms with E-state index >= 15 is 0 Å². The van der Waals surface area contributed by atoms with Crippen LogP contribution in [-0.2, 0) is 6.42 Å². The molecule has 1 heterocycles. The number of fused-ring (bicyclic) bond motifs is 1. The van der Waals surface area contributed by atoms with Crippen LogP contribution in [0.4, 0.5) is 10.1 Å². The highest BCUT2D eigenvalue weighted by Gasteiger charge is 2.11. The van der Waals surface area contributed by atoms with Gasteiger partial charge in [0, 0.05) is 17.7 Å². The number of thiocarbonyl (C=S) groups is 1. The van der Waals surface area contributed by atoms with Crippen molar-refractivity contribution in [1.29, 1.82) is 0 Å². The summed E-state index contributed by atoms with van der Waals surface area (Å²) in [5, 5.41) is 5.70. The van der Waals surface area contributed by atoms with Crippen LogP contribution >= 0.6 is 12.2 Å². The molecule has 0 unspecified atom stereocenters. The molecule has 1 amide bonds. The summed E-state index contributed by atoms with van der Waals surface area (Å²) in [6, 6.07) is 17.0. The Morgan fingerprint density at radius 1 is 1.06 bits per heavy atom. The summed E-state index contributed by atoms with van der Waals surface area (Å²) >= 11 is 5.19. The number of halogens is 1. The van der Waals surface area contributed by atoms with E-state index in [1.165, 1.54) is 24.3 Å². The average molecular weight is 434 g/mol. The number of rotatable bonds is 4. The molecule has 0 saturated heterocycles. The maximum Gasteiger partial charge on any atom is 0.257 e. The van der Waals surface area contributed by atoms with Crippen LogP contribution in [0.25, 0.3) is 11.1 Å². The number of anilines is 1. The third-order valence-electron chi connectivity index (χ3n) is 4.77. The first-order chi connectivity index (χ1) is 14.9. The second-order valence-electron chi connectivity index (χ2n) is 7.33. The van der Waals surface area contributed by atoms with E-state index in [2.05, 4.69) is 21.7 Å². The monoisotopic (exact) mass is 433 g/mol. The molecular weight excluding hydrogens is 413 g/mol. The van der Waals surface area contributed by atoms with Crippen molar-refractivity contribution in [2.24, 2.45) is 0 Å². The van der Waals surface area contributed by atoms with Gasteiger partial charge in [-0.25, -0.2) is 9.37 Å². The van der Waals surface area contributed by atoms with Crippen molar-refractivity contribution in [1.82, 2.24) is 10.3 Å². The van der Waals surface area contributed by atoms with E-state index in [1.54, 1.807) is 0 Å². The number of hydrogen-bond acceptors (Lipinski definition) is 4. The standard InChI is InChI=1S/C24H20FN3O2S/c1-14-11-15(2)22-20(12-14)27-21(30-22)13-16-3-9-19(10-4-16)26-24(31)28-23(29)17-5-7-18(25)8-6-17/h3-12H,13H2,1-2H3,(H2,26,28,29,31). The summed E-state index contributed by atoms with van der Waals surface area (Å²) in [5.74, 6) is -0.150. The molecule has 4 aromatic rings. The van der Waals surface area contributed by atoms with E-state index in [9.17, 15) is 9.18 Å². The quantitative estimate of drug-likeness (QED) is 0.428. The number of nitrogens with one attached hydrogen (secondary N) is 2. The number of carbonyl (C=O) groups excluding carboxylic acids is 1.